The zero-order chi connectivity index (χ0) is 57.2. The first-order chi connectivity index (χ1) is 40.4. The predicted octanol–water partition coefficient (Wildman–Crippen LogP) is 7.39. The summed E-state index contributed by atoms with van der Waals surface area (Å²) >= 11 is 0. The molecule has 21 heteroatoms. The van der Waals surface area contributed by atoms with Gasteiger partial charge in [-0.1, -0.05) is 67.6 Å². The zero-order valence-corrected chi connectivity index (χ0v) is 47.5. The van der Waals surface area contributed by atoms with Gasteiger partial charge < -0.3 is 45.0 Å². The fourth-order valence-corrected chi connectivity index (χ4v) is 13.2. The number of nitrogens with one attached hydrogen (secondary N) is 3. The molecule has 8 aromatic rings. The number of hydrogen-bond donors (Lipinski definition) is 5. The van der Waals surface area contributed by atoms with Crippen LogP contribution in [0.25, 0.3) is 55.4 Å². The average molecular weight is 1130 g/mol. The maximum atomic E-state index is 16.2. The standard InChI is InChI=1S/C62H71FN14O6/c1-6-76-52(17-20-66-76)40-15-13-39(14-16-40)51(32-78)67-60(80)53-24-43(79)30-75(53)61(81)57(34(2)3)77-31-50(71-72-77)38-9-7-36(8-10-38)33-83-58-55(54-35(4)48(63)26-49-47(54)28-65-70-49)45(37-11-12-37)25-46-56(58)68-62(73-21-18-44(82-5)19-22-73)69-59(46)74-29-41-23-42(74)27-64-41/h7-10,13-17,20,25-26,28,31,34,37,41-44,51,53,57,64,78-79H,6,11-12,18-19,21-24,27,29-30,32-33H2,1-5H3,(H,65,70)(H,67,80)/t41-,42-,43+,51-,53-,57-/m0/s1. The van der Waals surface area contributed by atoms with E-state index in [1.165, 1.54) is 11.0 Å². The summed E-state index contributed by atoms with van der Waals surface area (Å²) in [6, 6.07) is 19.3. The molecule has 4 aliphatic heterocycles. The molecule has 6 atom stereocenters. The van der Waals surface area contributed by atoms with Crippen LogP contribution in [0.1, 0.15) is 99.6 Å². The minimum Gasteiger partial charge on any atom is -0.486 e. The van der Waals surface area contributed by atoms with Gasteiger partial charge in [-0.25, -0.2) is 14.1 Å². The van der Waals surface area contributed by atoms with Crippen LogP contribution in [0, 0.1) is 18.7 Å². The molecule has 5 aliphatic rings. The molecule has 20 nitrogen and oxygen atoms in total. The van der Waals surface area contributed by atoms with Gasteiger partial charge in [-0.2, -0.15) is 15.2 Å². The Kier molecular flexibility index (Phi) is 14.7. The van der Waals surface area contributed by atoms with Crippen molar-refractivity contribution in [2.75, 3.05) is 56.2 Å². The van der Waals surface area contributed by atoms with Crippen LogP contribution in [-0.4, -0.2) is 149 Å². The van der Waals surface area contributed by atoms with Gasteiger partial charge in [0.05, 0.1) is 48.5 Å². The van der Waals surface area contributed by atoms with Crippen LogP contribution in [0.5, 0.6) is 5.75 Å². The van der Waals surface area contributed by atoms with E-state index in [0.717, 1.165) is 114 Å². The average Bonchev–Trinajstić information content (AvgIpc) is 2.41. The van der Waals surface area contributed by atoms with E-state index in [2.05, 4.69) is 52.1 Å². The van der Waals surface area contributed by atoms with Crippen molar-refractivity contribution in [2.45, 2.75) is 128 Å². The van der Waals surface area contributed by atoms with Crippen LogP contribution in [0.2, 0.25) is 0 Å². The first kappa shape index (κ1) is 54.4. The Hall–Kier alpha value is -7.85. The second-order valence-electron chi connectivity index (χ2n) is 23.5. The number of carbonyl (C=O) groups is 2. The van der Waals surface area contributed by atoms with Gasteiger partial charge in [0.1, 0.15) is 41.5 Å². The summed E-state index contributed by atoms with van der Waals surface area (Å²) in [5.41, 5.74) is 9.21. The number of likely N-dealkylation sites (tertiary alicyclic amines) is 1. The number of β-amino-alcohol motifs (C(OH)–C–C–N with tert-alkyl or cyclic N) is 1. The molecule has 1 saturated carbocycles. The van der Waals surface area contributed by atoms with Crippen LogP contribution < -0.4 is 25.2 Å². The predicted molar refractivity (Wildman–Crippen MR) is 312 cm³/mol. The van der Waals surface area contributed by atoms with E-state index in [4.69, 9.17) is 19.4 Å². The number of ether oxygens (including phenoxy) is 2. The molecule has 4 aromatic heterocycles. The van der Waals surface area contributed by atoms with Gasteiger partial charge in [0, 0.05) is 98.5 Å². The summed E-state index contributed by atoms with van der Waals surface area (Å²) in [5, 5.41) is 50.6. The number of benzene rings is 4. The number of aliphatic hydroxyl groups is 2. The van der Waals surface area contributed by atoms with Crippen LogP contribution in [0.4, 0.5) is 16.2 Å². The van der Waals surface area contributed by atoms with Gasteiger partial charge in [-0.3, -0.25) is 19.4 Å². The fourth-order valence-electron chi connectivity index (χ4n) is 13.2. The highest BCUT2D eigenvalue weighted by molar-refractivity contribution is 6.06. The van der Waals surface area contributed by atoms with Crippen molar-refractivity contribution in [1.29, 1.82) is 0 Å². The molecule has 13 rings (SSSR count). The van der Waals surface area contributed by atoms with Crippen molar-refractivity contribution in [3.05, 3.63) is 113 Å². The number of methoxy groups -OCH3 is 1. The van der Waals surface area contributed by atoms with Crippen LogP contribution in [-0.2, 0) is 27.5 Å². The fraction of sp³-hybridized carbons (Fsp3) is 0.452. The lowest BCUT2D eigenvalue weighted by atomic mass is 9.88. The van der Waals surface area contributed by atoms with E-state index in [9.17, 15) is 19.8 Å². The number of rotatable bonds is 18. The maximum absolute atomic E-state index is 16.2. The largest absolute Gasteiger partial charge is 0.486 e. The Labute approximate surface area is 480 Å². The molecular formula is C62H71FN14O6. The van der Waals surface area contributed by atoms with Crippen LogP contribution >= 0.6 is 0 Å². The highest BCUT2D eigenvalue weighted by atomic mass is 19.1. The first-order valence-corrected chi connectivity index (χ1v) is 29.3. The molecule has 5 fully saturated rings. The van der Waals surface area contributed by atoms with Gasteiger partial charge in [0.2, 0.25) is 17.8 Å². The molecule has 0 radical (unpaired) electrons. The quantitative estimate of drug-likeness (QED) is 0.0564. The Balaban J connectivity index is 0.785. The van der Waals surface area contributed by atoms with E-state index < -0.39 is 30.1 Å². The van der Waals surface area contributed by atoms with Crippen molar-refractivity contribution >= 4 is 45.4 Å². The number of hydrogen-bond acceptors (Lipinski definition) is 15. The molecule has 0 unspecified atom stereocenters. The minimum absolute atomic E-state index is 0.0352. The summed E-state index contributed by atoms with van der Waals surface area (Å²) in [4.78, 5) is 45.8. The Bertz CT molecular complexity index is 3700. The number of nitrogens with zero attached hydrogens (tertiary/aromatic N) is 11. The first-order valence-electron chi connectivity index (χ1n) is 29.3. The molecule has 2 bridgehead atoms. The van der Waals surface area contributed by atoms with Crippen molar-refractivity contribution in [1.82, 2.24) is 60.5 Å². The molecule has 0 spiro atoms. The molecule has 1 aliphatic carbocycles. The summed E-state index contributed by atoms with van der Waals surface area (Å²) in [6.07, 6.45) is 9.30. The van der Waals surface area contributed by atoms with E-state index in [1.807, 2.05) is 87.0 Å². The summed E-state index contributed by atoms with van der Waals surface area (Å²) in [7, 11) is 1.77. The third-order valence-corrected chi connectivity index (χ3v) is 17.8. The number of aryl methyl sites for hydroxylation is 1. The van der Waals surface area contributed by atoms with Crippen LogP contribution in [0.15, 0.2) is 85.3 Å². The van der Waals surface area contributed by atoms with Gasteiger partial charge >= 0.3 is 0 Å². The highest BCUT2D eigenvalue weighted by Crippen LogP contribution is 2.54. The number of aromatic amines is 1. The van der Waals surface area contributed by atoms with Crippen molar-refractivity contribution in [3.63, 3.8) is 0 Å². The molecule has 5 N–H and O–H groups in total. The van der Waals surface area contributed by atoms with Crippen LogP contribution in [0.3, 0.4) is 0 Å². The monoisotopic (exact) mass is 1130 g/mol. The lowest BCUT2D eigenvalue weighted by Crippen LogP contribution is -2.50. The molecule has 4 saturated heterocycles. The molecule has 4 aromatic carbocycles. The summed E-state index contributed by atoms with van der Waals surface area (Å²) < 4.78 is 32.6. The van der Waals surface area contributed by atoms with E-state index in [0.29, 0.717) is 58.2 Å². The number of aromatic nitrogens is 9. The number of aliphatic hydroxyl groups excluding tert-OH is 2. The SMILES string of the molecule is CCn1nccc1-c1ccc([C@H](CO)NC(=O)[C@@H]2C[C@@H](O)CN2C(=O)[C@H](C(C)C)n2cc(-c3ccc(COc4c(-c5c(C)c(F)cc6[nH]ncc56)c(C5CC5)cc5c(N6C[C@@H]7C[C@H]6CN7)nc(N6CCC(OC)CC6)nc45)cc3)nn2)cc1. The number of fused-ring (bicyclic) bond motifs is 4. The van der Waals surface area contributed by atoms with E-state index in [-0.39, 0.29) is 55.8 Å². The van der Waals surface area contributed by atoms with Gasteiger partial charge in [-0.15, -0.1) is 5.10 Å². The van der Waals surface area contributed by atoms with Gasteiger partial charge in [0.25, 0.3) is 0 Å². The molecule has 432 valence electrons. The maximum Gasteiger partial charge on any atom is 0.248 e. The Morgan fingerprint density at radius 3 is 2.42 bits per heavy atom. The third-order valence-electron chi connectivity index (χ3n) is 17.8. The summed E-state index contributed by atoms with van der Waals surface area (Å²) in [6.45, 7) is 11.4. The Morgan fingerprint density at radius 2 is 1.72 bits per heavy atom. The highest BCUT2D eigenvalue weighted by Gasteiger charge is 2.44. The molecule has 2 amide bonds. The molecular weight excluding hydrogens is 1060 g/mol. The number of halogens is 1. The van der Waals surface area contributed by atoms with E-state index in [1.54, 1.807) is 30.4 Å². The normalized spacial score (nSPS) is 20.8. The topological polar surface area (TPSA) is 230 Å². The van der Waals surface area contributed by atoms with Gasteiger partial charge in [-0.05, 0) is 104 Å². The lowest BCUT2D eigenvalue weighted by Gasteiger charge is -2.34. The molecule has 8 heterocycles. The van der Waals surface area contributed by atoms with Crippen molar-refractivity contribution < 1.29 is 33.7 Å². The second-order valence-corrected chi connectivity index (χ2v) is 23.5. The molecule has 83 heavy (non-hydrogen) atoms. The van der Waals surface area contributed by atoms with E-state index >= 15 is 4.39 Å². The number of piperazine rings is 1. The second kappa shape index (κ2) is 22.4. The Morgan fingerprint density at radius 1 is 0.940 bits per heavy atom. The zero-order valence-electron chi connectivity index (χ0n) is 47.5. The van der Waals surface area contributed by atoms with Crippen molar-refractivity contribution in [2.24, 2.45) is 5.92 Å². The number of H-pyrrole nitrogens is 1. The number of anilines is 2. The van der Waals surface area contributed by atoms with Crippen molar-refractivity contribution in [3.8, 4) is 39.4 Å². The summed E-state index contributed by atoms with van der Waals surface area (Å²) in [5.74, 6) is 0.911. The number of amides is 2. The third kappa shape index (κ3) is 10.2. The number of piperidine rings is 1. The van der Waals surface area contributed by atoms with Gasteiger partial charge in [0.15, 0.2) is 5.75 Å². The number of carbonyl (C=O) groups excluding carboxylic acids is 2. The minimum atomic E-state index is -0.980. The smallest absolute Gasteiger partial charge is 0.248 e. The lowest BCUT2D eigenvalue weighted by molar-refractivity contribution is -0.142.